The van der Waals surface area contributed by atoms with E-state index in [0.29, 0.717) is 25.6 Å². The summed E-state index contributed by atoms with van der Waals surface area (Å²) in [5.74, 6) is 1.54. The summed E-state index contributed by atoms with van der Waals surface area (Å²) in [4.78, 5) is 13.6. The van der Waals surface area contributed by atoms with E-state index in [2.05, 4.69) is 45.8 Å². The molecule has 4 heterocycles. The first kappa shape index (κ1) is 17.5. The van der Waals surface area contributed by atoms with Crippen LogP contribution in [0.1, 0.15) is 27.9 Å². The van der Waals surface area contributed by atoms with Gasteiger partial charge >= 0.3 is 0 Å². The molecule has 1 aromatic carbocycles. The molecule has 2 aliphatic heterocycles. The molecular formula is C21H22N8. The number of anilines is 2. The normalized spacial score (nSPS) is 15.0. The van der Waals surface area contributed by atoms with Gasteiger partial charge in [-0.15, -0.1) is 0 Å². The van der Waals surface area contributed by atoms with E-state index in [1.54, 1.807) is 9.58 Å². The van der Waals surface area contributed by atoms with E-state index in [0.717, 1.165) is 42.1 Å². The molecule has 0 saturated carbocycles. The SMILES string of the molecule is Cn1cc(CNc2nc3c(c(N4CCc5ccccc5C4)n2)CN(C#N)C3)cn1. The standard InChI is InChI=1S/C21H22N8/c1-27-10-15(9-24-27)8-23-21-25-19-13-28(14-22)12-18(19)20(26-21)29-7-6-16-4-2-3-5-17(16)11-29/h2-5,9-10H,6-8,11-13H2,1H3,(H,23,25,26). The lowest BCUT2D eigenvalue weighted by Gasteiger charge is -2.31. The van der Waals surface area contributed by atoms with Crippen LogP contribution < -0.4 is 10.2 Å². The largest absolute Gasteiger partial charge is 0.351 e. The van der Waals surface area contributed by atoms with Gasteiger partial charge in [0.15, 0.2) is 6.19 Å². The van der Waals surface area contributed by atoms with Crippen molar-refractivity contribution in [3.63, 3.8) is 0 Å². The van der Waals surface area contributed by atoms with Crippen LogP contribution in [0.25, 0.3) is 0 Å². The van der Waals surface area contributed by atoms with E-state index in [9.17, 15) is 5.26 Å². The van der Waals surface area contributed by atoms with E-state index < -0.39 is 0 Å². The number of fused-ring (bicyclic) bond motifs is 2. The van der Waals surface area contributed by atoms with Gasteiger partial charge in [-0.3, -0.25) is 4.68 Å². The van der Waals surface area contributed by atoms with Crippen LogP contribution in [0, 0.1) is 11.5 Å². The van der Waals surface area contributed by atoms with Gasteiger partial charge in [0.2, 0.25) is 5.95 Å². The summed E-state index contributed by atoms with van der Waals surface area (Å²) in [6.07, 6.45) is 7.05. The molecule has 146 valence electrons. The average Bonchev–Trinajstić information content (AvgIpc) is 3.36. The van der Waals surface area contributed by atoms with Crippen molar-refractivity contribution in [1.82, 2.24) is 24.6 Å². The van der Waals surface area contributed by atoms with Gasteiger partial charge in [-0.1, -0.05) is 24.3 Å². The second-order valence-corrected chi connectivity index (χ2v) is 7.57. The second-order valence-electron chi connectivity index (χ2n) is 7.57. The van der Waals surface area contributed by atoms with Gasteiger partial charge in [0.1, 0.15) is 5.82 Å². The fourth-order valence-corrected chi connectivity index (χ4v) is 4.07. The Bertz CT molecular complexity index is 1100. The third-order valence-electron chi connectivity index (χ3n) is 5.54. The summed E-state index contributed by atoms with van der Waals surface area (Å²) in [5, 5.41) is 16.9. The highest BCUT2D eigenvalue weighted by Crippen LogP contribution is 2.33. The van der Waals surface area contributed by atoms with E-state index in [-0.39, 0.29) is 0 Å². The first-order valence-corrected chi connectivity index (χ1v) is 9.77. The predicted molar refractivity (Wildman–Crippen MR) is 109 cm³/mol. The summed E-state index contributed by atoms with van der Waals surface area (Å²) < 4.78 is 1.78. The van der Waals surface area contributed by atoms with Crippen molar-refractivity contribution in [2.75, 3.05) is 16.8 Å². The highest BCUT2D eigenvalue weighted by molar-refractivity contribution is 5.56. The lowest BCUT2D eigenvalue weighted by atomic mass is 9.99. The molecule has 0 saturated heterocycles. The van der Waals surface area contributed by atoms with Gasteiger partial charge in [0.25, 0.3) is 0 Å². The van der Waals surface area contributed by atoms with Gasteiger partial charge in [-0.2, -0.15) is 15.3 Å². The summed E-state index contributed by atoms with van der Waals surface area (Å²) in [6, 6.07) is 8.58. The quantitative estimate of drug-likeness (QED) is 0.688. The molecule has 0 unspecified atom stereocenters. The zero-order valence-corrected chi connectivity index (χ0v) is 16.3. The number of hydrogen-bond acceptors (Lipinski definition) is 7. The van der Waals surface area contributed by atoms with Crippen LogP contribution in [-0.4, -0.2) is 31.2 Å². The lowest BCUT2D eigenvalue weighted by molar-refractivity contribution is 0.415. The van der Waals surface area contributed by atoms with Gasteiger partial charge in [0, 0.05) is 44.0 Å². The molecule has 0 aliphatic carbocycles. The third kappa shape index (κ3) is 3.36. The second kappa shape index (κ2) is 7.09. The van der Waals surface area contributed by atoms with Crippen LogP contribution in [0.3, 0.4) is 0 Å². The first-order chi connectivity index (χ1) is 14.2. The Balaban J connectivity index is 1.45. The van der Waals surface area contributed by atoms with E-state index in [4.69, 9.17) is 9.97 Å². The minimum Gasteiger partial charge on any atom is -0.351 e. The predicted octanol–water partition coefficient (Wildman–Crippen LogP) is 2.18. The van der Waals surface area contributed by atoms with Crippen LogP contribution in [-0.2, 0) is 39.6 Å². The molecule has 8 heteroatoms. The van der Waals surface area contributed by atoms with Gasteiger partial charge < -0.3 is 15.1 Å². The molecule has 0 spiro atoms. The molecule has 2 aromatic heterocycles. The fourth-order valence-electron chi connectivity index (χ4n) is 4.07. The number of benzene rings is 1. The molecular weight excluding hydrogens is 364 g/mol. The number of hydrogen-bond donors (Lipinski definition) is 1. The van der Waals surface area contributed by atoms with E-state index in [1.165, 1.54) is 11.1 Å². The molecule has 8 nitrogen and oxygen atoms in total. The van der Waals surface area contributed by atoms with E-state index >= 15 is 0 Å². The Morgan fingerprint density at radius 3 is 2.79 bits per heavy atom. The monoisotopic (exact) mass is 386 g/mol. The van der Waals surface area contributed by atoms with Crippen molar-refractivity contribution in [2.24, 2.45) is 7.05 Å². The third-order valence-corrected chi connectivity index (χ3v) is 5.54. The number of nitriles is 1. The Kier molecular flexibility index (Phi) is 4.28. The number of aromatic nitrogens is 4. The summed E-state index contributed by atoms with van der Waals surface area (Å²) in [7, 11) is 1.90. The van der Waals surface area contributed by atoms with Crippen LogP contribution >= 0.6 is 0 Å². The Hall–Kier alpha value is -3.60. The van der Waals surface area contributed by atoms with Crippen LogP contribution in [0.2, 0.25) is 0 Å². The fraction of sp³-hybridized carbons (Fsp3) is 0.333. The molecule has 0 bridgehead atoms. The zero-order chi connectivity index (χ0) is 19.8. The molecule has 2 aliphatic rings. The minimum atomic E-state index is 0.535. The smallest absolute Gasteiger partial charge is 0.225 e. The van der Waals surface area contributed by atoms with Crippen molar-refractivity contribution in [2.45, 2.75) is 32.6 Å². The lowest BCUT2D eigenvalue weighted by Crippen LogP contribution is -2.32. The molecule has 0 fully saturated rings. The molecule has 0 radical (unpaired) electrons. The topological polar surface area (TPSA) is 85.9 Å². The molecule has 0 amide bonds. The maximum Gasteiger partial charge on any atom is 0.225 e. The maximum atomic E-state index is 9.38. The van der Waals surface area contributed by atoms with Crippen molar-refractivity contribution in [3.8, 4) is 6.19 Å². The number of aryl methyl sites for hydroxylation is 1. The van der Waals surface area contributed by atoms with Crippen molar-refractivity contribution >= 4 is 11.8 Å². The number of rotatable bonds is 4. The average molecular weight is 386 g/mol. The highest BCUT2D eigenvalue weighted by Gasteiger charge is 2.28. The molecule has 5 rings (SSSR count). The Morgan fingerprint density at radius 1 is 1.14 bits per heavy atom. The van der Waals surface area contributed by atoms with Crippen LogP contribution in [0.5, 0.6) is 0 Å². The zero-order valence-electron chi connectivity index (χ0n) is 16.3. The van der Waals surface area contributed by atoms with Gasteiger partial charge in [-0.05, 0) is 17.5 Å². The molecule has 0 atom stereocenters. The number of nitrogens with zero attached hydrogens (tertiary/aromatic N) is 7. The molecule has 29 heavy (non-hydrogen) atoms. The van der Waals surface area contributed by atoms with Gasteiger partial charge in [0.05, 0.1) is 25.0 Å². The minimum absolute atomic E-state index is 0.535. The van der Waals surface area contributed by atoms with Crippen LogP contribution in [0.4, 0.5) is 11.8 Å². The van der Waals surface area contributed by atoms with Gasteiger partial charge in [-0.25, -0.2) is 4.98 Å². The summed E-state index contributed by atoms with van der Waals surface area (Å²) in [5.41, 5.74) is 5.82. The summed E-state index contributed by atoms with van der Waals surface area (Å²) >= 11 is 0. The molecule has 1 N–H and O–H groups in total. The van der Waals surface area contributed by atoms with Crippen molar-refractivity contribution in [3.05, 3.63) is 64.6 Å². The number of nitrogens with one attached hydrogen (secondary N) is 1. The highest BCUT2D eigenvalue weighted by atomic mass is 15.3. The summed E-state index contributed by atoms with van der Waals surface area (Å²) in [6.45, 7) is 3.45. The Labute approximate surface area is 169 Å². The first-order valence-electron chi connectivity index (χ1n) is 9.77. The van der Waals surface area contributed by atoms with E-state index in [1.807, 2.05) is 19.4 Å². The van der Waals surface area contributed by atoms with Crippen molar-refractivity contribution in [1.29, 1.82) is 5.26 Å². The van der Waals surface area contributed by atoms with Crippen molar-refractivity contribution < 1.29 is 0 Å². The maximum absolute atomic E-state index is 9.38. The Morgan fingerprint density at radius 2 is 2.00 bits per heavy atom. The van der Waals surface area contributed by atoms with Crippen LogP contribution in [0.15, 0.2) is 36.7 Å². The molecule has 3 aromatic rings.